The van der Waals surface area contributed by atoms with Crippen LogP contribution in [0.5, 0.6) is 0 Å². The van der Waals surface area contributed by atoms with Crippen LogP contribution in [-0.4, -0.2) is 13.7 Å². The van der Waals surface area contributed by atoms with Crippen molar-refractivity contribution >= 4 is 32.4 Å². The molecule has 0 radical (unpaired) electrons. The van der Waals surface area contributed by atoms with Gasteiger partial charge in [0, 0.05) is 10.4 Å². The molecule has 0 unspecified atom stereocenters. The van der Waals surface area contributed by atoms with Crippen molar-refractivity contribution in [2.45, 2.75) is 42.8 Å². The molecule has 0 saturated heterocycles. The molecule has 0 N–H and O–H groups in total. The molecule has 5 heteroatoms. The molecule has 0 spiro atoms. The third-order valence-corrected chi connectivity index (χ3v) is 6.46. The third-order valence-electron chi connectivity index (χ3n) is 3.79. The lowest BCUT2D eigenvalue weighted by molar-refractivity contribution is 0.552. The summed E-state index contributed by atoms with van der Waals surface area (Å²) in [6.45, 7) is 1.70. The van der Waals surface area contributed by atoms with Crippen LogP contribution in [0, 0.1) is 6.92 Å². The van der Waals surface area contributed by atoms with Gasteiger partial charge in [-0.1, -0.05) is 24.4 Å². The first-order chi connectivity index (χ1) is 9.00. The number of rotatable bonds is 2. The van der Waals surface area contributed by atoms with Gasteiger partial charge in [0.15, 0.2) is 9.84 Å². The molecule has 0 bridgehead atoms. The first-order valence-corrected chi connectivity index (χ1v) is 8.35. The molecule has 1 aromatic heterocycles. The van der Waals surface area contributed by atoms with Crippen LogP contribution >= 0.6 is 11.6 Å². The summed E-state index contributed by atoms with van der Waals surface area (Å²) in [6, 6.07) is 5.10. The predicted molar refractivity (Wildman–Crippen MR) is 75.4 cm³/mol. The highest BCUT2D eigenvalue weighted by Crippen LogP contribution is 2.37. The number of aryl methyl sites for hydroxylation is 1. The Bertz CT molecular complexity index is 724. The summed E-state index contributed by atoms with van der Waals surface area (Å²) in [5.74, 6) is 0.462. The Morgan fingerprint density at radius 2 is 1.95 bits per heavy atom. The fourth-order valence-electron chi connectivity index (χ4n) is 2.89. The second kappa shape index (κ2) is 4.53. The van der Waals surface area contributed by atoms with Crippen LogP contribution in [-0.2, 0) is 9.84 Å². The lowest BCUT2D eigenvalue weighted by Crippen LogP contribution is -2.18. The van der Waals surface area contributed by atoms with Crippen molar-refractivity contribution in [1.29, 1.82) is 0 Å². The van der Waals surface area contributed by atoms with Crippen molar-refractivity contribution in [3.8, 4) is 0 Å². The first-order valence-electron chi connectivity index (χ1n) is 6.42. The van der Waals surface area contributed by atoms with E-state index in [0.717, 1.165) is 25.7 Å². The Morgan fingerprint density at radius 1 is 1.26 bits per heavy atom. The average Bonchev–Trinajstić information content (AvgIpc) is 2.95. The monoisotopic (exact) mass is 298 g/mol. The maximum absolute atomic E-state index is 12.7. The van der Waals surface area contributed by atoms with Crippen LogP contribution in [0.4, 0.5) is 0 Å². The van der Waals surface area contributed by atoms with E-state index < -0.39 is 9.84 Å². The summed E-state index contributed by atoms with van der Waals surface area (Å²) < 4.78 is 31.0. The van der Waals surface area contributed by atoms with Crippen molar-refractivity contribution in [3.05, 3.63) is 29.0 Å². The van der Waals surface area contributed by atoms with Gasteiger partial charge in [0.2, 0.25) is 0 Å². The van der Waals surface area contributed by atoms with E-state index in [1.54, 1.807) is 25.1 Å². The zero-order chi connectivity index (χ0) is 13.6. The Kier molecular flexibility index (Phi) is 3.10. The average molecular weight is 299 g/mol. The predicted octanol–water partition coefficient (Wildman–Crippen LogP) is 4.11. The fourth-order valence-corrected chi connectivity index (χ4v) is 5.26. The summed E-state index contributed by atoms with van der Waals surface area (Å²) in [5, 5.41) is 0.860. The lowest BCUT2D eigenvalue weighted by Gasteiger charge is -2.10. The van der Waals surface area contributed by atoms with E-state index in [1.165, 1.54) is 0 Å². The largest absolute Gasteiger partial charge is 0.460 e. The summed E-state index contributed by atoms with van der Waals surface area (Å²) in [4.78, 5) is 0.330. The van der Waals surface area contributed by atoms with Gasteiger partial charge in [-0.3, -0.25) is 0 Å². The van der Waals surface area contributed by atoms with E-state index in [-0.39, 0.29) is 5.25 Å². The van der Waals surface area contributed by atoms with E-state index in [9.17, 15) is 8.42 Å². The highest BCUT2D eigenvalue weighted by atomic mass is 35.5. The Balaban J connectivity index is 2.24. The standard InChI is InChI=1S/C14H15ClO3S/c1-9-14(19(16,17)11-4-2-3-5-11)12-8-10(15)6-7-13(12)18-9/h6-8,11H,2-5H2,1H3. The molecule has 19 heavy (non-hydrogen) atoms. The minimum absolute atomic E-state index is 0.272. The zero-order valence-electron chi connectivity index (χ0n) is 10.6. The molecule has 102 valence electrons. The second-order valence-electron chi connectivity index (χ2n) is 5.08. The van der Waals surface area contributed by atoms with Gasteiger partial charge < -0.3 is 4.42 Å². The zero-order valence-corrected chi connectivity index (χ0v) is 12.2. The molecule has 1 fully saturated rings. The number of fused-ring (bicyclic) bond motifs is 1. The highest BCUT2D eigenvalue weighted by Gasteiger charge is 2.34. The molecule has 0 aliphatic heterocycles. The third kappa shape index (κ3) is 2.07. The van der Waals surface area contributed by atoms with Gasteiger partial charge in [0.05, 0.1) is 5.25 Å². The summed E-state index contributed by atoms with van der Waals surface area (Å²) in [7, 11) is -3.32. The van der Waals surface area contributed by atoms with Gasteiger partial charge in [-0.2, -0.15) is 0 Å². The molecular weight excluding hydrogens is 284 g/mol. The van der Waals surface area contributed by atoms with Crippen molar-refractivity contribution in [1.82, 2.24) is 0 Å². The molecule has 3 rings (SSSR count). The van der Waals surface area contributed by atoms with Gasteiger partial charge in [-0.05, 0) is 38.0 Å². The molecule has 3 nitrogen and oxygen atoms in total. The molecule has 2 aromatic rings. The van der Waals surface area contributed by atoms with E-state index in [4.69, 9.17) is 16.0 Å². The normalized spacial score (nSPS) is 17.4. The van der Waals surface area contributed by atoms with Crippen LogP contribution in [0.3, 0.4) is 0 Å². The van der Waals surface area contributed by atoms with Crippen LogP contribution < -0.4 is 0 Å². The fraction of sp³-hybridized carbons (Fsp3) is 0.429. The number of hydrogen-bond donors (Lipinski definition) is 0. The van der Waals surface area contributed by atoms with Crippen molar-refractivity contribution in [3.63, 3.8) is 0 Å². The van der Waals surface area contributed by atoms with E-state index in [2.05, 4.69) is 0 Å². The molecule has 1 saturated carbocycles. The molecule has 0 amide bonds. The highest BCUT2D eigenvalue weighted by molar-refractivity contribution is 7.92. The van der Waals surface area contributed by atoms with Gasteiger partial charge in [-0.25, -0.2) is 8.42 Å². The molecular formula is C14H15ClO3S. The smallest absolute Gasteiger partial charge is 0.185 e. The Labute approximate surface area is 117 Å². The van der Waals surface area contributed by atoms with E-state index in [0.29, 0.717) is 26.6 Å². The van der Waals surface area contributed by atoms with Crippen LogP contribution in [0.25, 0.3) is 11.0 Å². The van der Waals surface area contributed by atoms with Gasteiger partial charge in [0.1, 0.15) is 16.2 Å². The maximum Gasteiger partial charge on any atom is 0.185 e. The minimum atomic E-state index is -3.32. The number of benzene rings is 1. The summed E-state index contributed by atoms with van der Waals surface area (Å²) in [5.41, 5.74) is 0.582. The molecule has 1 aliphatic carbocycles. The van der Waals surface area contributed by atoms with E-state index in [1.807, 2.05) is 0 Å². The SMILES string of the molecule is Cc1oc2ccc(Cl)cc2c1S(=O)(=O)C1CCCC1. The van der Waals surface area contributed by atoms with Crippen molar-refractivity contribution in [2.24, 2.45) is 0 Å². The van der Waals surface area contributed by atoms with Gasteiger partial charge >= 0.3 is 0 Å². The quantitative estimate of drug-likeness (QED) is 0.838. The molecule has 1 aliphatic rings. The van der Waals surface area contributed by atoms with Crippen molar-refractivity contribution in [2.75, 3.05) is 0 Å². The summed E-state index contributed by atoms with van der Waals surface area (Å²) in [6.07, 6.45) is 3.46. The van der Waals surface area contributed by atoms with Crippen molar-refractivity contribution < 1.29 is 12.8 Å². The Morgan fingerprint density at radius 3 is 2.63 bits per heavy atom. The molecule has 0 atom stereocenters. The summed E-state index contributed by atoms with van der Waals surface area (Å²) >= 11 is 5.97. The number of furan rings is 1. The van der Waals surface area contributed by atoms with Gasteiger partial charge in [-0.15, -0.1) is 0 Å². The second-order valence-corrected chi connectivity index (χ2v) is 7.68. The minimum Gasteiger partial charge on any atom is -0.460 e. The van der Waals surface area contributed by atoms with Crippen LogP contribution in [0.2, 0.25) is 5.02 Å². The number of hydrogen-bond acceptors (Lipinski definition) is 3. The molecule has 1 heterocycles. The number of halogens is 1. The Hall–Kier alpha value is -1.00. The lowest BCUT2D eigenvalue weighted by atomic mass is 10.2. The van der Waals surface area contributed by atoms with Crippen LogP contribution in [0.1, 0.15) is 31.4 Å². The first kappa shape index (κ1) is 13.0. The number of sulfone groups is 1. The topological polar surface area (TPSA) is 47.3 Å². The molecule has 1 aromatic carbocycles. The maximum atomic E-state index is 12.7. The van der Waals surface area contributed by atoms with Gasteiger partial charge in [0.25, 0.3) is 0 Å². The van der Waals surface area contributed by atoms with E-state index >= 15 is 0 Å². The van der Waals surface area contributed by atoms with Crippen LogP contribution in [0.15, 0.2) is 27.5 Å².